The number of rotatable bonds is 7. The van der Waals surface area contributed by atoms with Gasteiger partial charge in [-0.25, -0.2) is 0 Å². The highest BCUT2D eigenvalue weighted by atomic mass is 16.4. The molecule has 3 aromatic carbocycles. The van der Waals surface area contributed by atoms with E-state index >= 15 is 0 Å². The number of carbonyl (C=O) groups excluding carboxylic acids is 2. The zero-order valence-electron chi connectivity index (χ0n) is 14.7. The molecule has 0 aliphatic rings. The number of aliphatic carboxylic acids is 1. The minimum absolute atomic E-state index is 0.172. The van der Waals surface area contributed by atoms with Gasteiger partial charge in [-0.1, -0.05) is 91.0 Å². The van der Waals surface area contributed by atoms with Crippen molar-refractivity contribution >= 4 is 11.9 Å². The normalized spacial score (nSPS) is 11.7. The predicted octanol–water partition coefficient (Wildman–Crippen LogP) is 2.30. The molecule has 1 N–H and O–H groups in total. The maximum atomic E-state index is 13.0. The summed E-state index contributed by atoms with van der Waals surface area (Å²) in [5.74, 6) is -2.25. The van der Waals surface area contributed by atoms with E-state index in [1.54, 1.807) is 0 Å². The summed E-state index contributed by atoms with van der Waals surface area (Å²) < 4.78 is 0. The summed E-state index contributed by atoms with van der Waals surface area (Å²) in [5.41, 5.74) is 2.43. The molecule has 0 bridgehead atoms. The van der Waals surface area contributed by atoms with Gasteiger partial charge in [0.15, 0.2) is 0 Å². The van der Waals surface area contributed by atoms with E-state index in [0.717, 1.165) is 16.7 Å². The van der Waals surface area contributed by atoms with Crippen LogP contribution in [-0.4, -0.2) is 17.9 Å². The lowest BCUT2D eigenvalue weighted by atomic mass is 9.90. The van der Waals surface area contributed by atoms with Crippen molar-refractivity contribution in [2.75, 3.05) is 0 Å². The van der Waals surface area contributed by atoms with Crippen molar-refractivity contribution in [1.82, 2.24) is 5.32 Å². The van der Waals surface area contributed by atoms with Crippen molar-refractivity contribution in [3.05, 3.63) is 108 Å². The van der Waals surface area contributed by atoms with Gasteiger partial charge in [-0.05, 0) is 23.1 Å². The van der Waals surface area contributed by atoms with Crippen molar-refractivity contribution in [3.63, 3.8) is 0 Å². The summed E-state index contributed by atoms with van der Waals surface area (Å²) in [5, 5.41) is 14.3. The molecule has 0 heterocycles. The van der Waals surface area contributed by atoms with Gasteiger partial charge in [-0.2, -0.15) is 0 Å². The first-order valence-corrected chi connectivity index (χ1v) is 8.80. The van der Waals surface area contributed by atoms with E-state index in [9.17, 15) is 14.7 Å². The Morgan fingerprint density at radius 3 is 1.63 bits per heavy atom. The Hall–Kier alpha value is -3.40. The van der Waals surface area contributed by atoms with Gasteiger partial charge in [0.2, 0.25) is 5.91 Å². The fourth-order valence-electron chi connectivity index (χ4n) is 3.08. The molecule has 0 aliphatic heterocycles. The number of nitrogens with one attached hydrogen (secondary N) is 1. The van der Waals surface area contributed by atoms with Crippen molar-refractivity contribution in [3.8, 4) is 0 Å². The number of hydrogen-bond acceptors (Lipinski definition) is 3. The third-order valence-electron chi connectivity index (χ3n) is 4.41. The highest BCUT2D eigenvalue weighted by Gasteiger charge is 2.25. The summed E-state index contributed by atoms with van der Waals surface area (Å²) in [7, 11) is 0. The van der Waals surface area contributed by atoms with Gasteiger partial charge in [0.05, 0.1) is 17.9 Å². The zero-order valence-corrected chi connectivity index (χ0v) is 14.7. The topological polar surface area (TPSA) is 69.2 Å². The highest BCUT2D eigenvalue weighted by Crippen LogP contribution is 2.25. The van der Waals surface area contributed by atoms with Crippen molar-refractivity contribution in [2.45, 2.75) is 18.4 Å². The fraction of sp³-hybridized carbons (Fsp3) is 0.130. The molecule has 3 rings (SSSR count). The van der Waals surface area contributed by atoms with E-state index < -0.39 is 17.9 Å². The summed E-state index contributed by atoms with van der Waals surface area (Å²) in [6.07, 6.45) is 0.172. The Morgan fingerprint density at radius 1 is 0.741 bits per heavy atom. The van der Waals surface area contributed by atoms with Crippen molar-refractivity contribution < 1.29 is 14.7 Å². The quantitative estimate of drug-likeness (QED) is 0.705. The van der Waals surface area contributed by atoms with Gasteiger partial charge in [0.1, 0.15) is 0 Å². The molecule has 0 saturated carbocycles. The van der Waals surface area contributed by atoms with Crippen LogP contribution in [-0.2, 0) is 16.0 Å². The molecular formula is C23H20NO3-. The predicted molar refractivity (Wildman–Crippen MR) is 102 cm³/mol. The van der Waals surface area contributed by atoms with E-state index in [4.69, 9.17) is 0 Å². The third kappa shape index (κ3) is 4.82. The largest absolute Gasteiger partial charge is 0.548 e. The minimum atomic E-state index is -1.30. The summed E-state index contributed by atoms with van der Waals surface area (Å²) in [6.45, 7) is 0. The Bertz CT molecular complexity index is 840. The number of carboxylic acid groups (broad SMARTS) is 1. The first-order chi connectivity index (χ1) is 13.1. The number of benzene rings is 3. The molecule has 4 heteroatoms. The lowest BCUT2D eigenvalue weighted by Crippen LogP contribution is -2.50. The second kappa shape index (κ2) is 8.81. The van der Waals surface area contributed by atoms with E-state index in [1.165, 1.54) is 0 Å². The maximum absolute atomic E-state index is 13.0. The molecular weight excluding hydrogens is 338 g/mol. The van der Waals surface area contributed by atoms with Gasteiger partial charge in [0.25, 0.3) is 0 Å². The molecule has 0 unspecified atom stereocenters. The standard InChI is InChI=1S/C23H21NO3/c25-22(24-20(23(26)27)16-17-10-4-1-5-11-17)21(18-12-6-2-7-13-18)19-14-8-3-9-15-19/h1-15,20-21H,16H2,(H,24,25)(H,26,27)/p-1/t20-/m0/s1. The molecule has 27 heavy (non-hydrogen) atoms. The second-order valence-corrected chi connectivity index (χ2v) is 6.32. The van der Waals surface area contributed by atoms with Crippen LogP contribution in [0.2, 0.25) is 0 Å². The van der Waals surface area contributed by atoms with Gasteiger partial charge in [-0.15, -0.1) is 0 Å². The monoisotopic (exact) mass is 358 g/mol. The lowest BCUT2D eigenvalue weighted by molar-refractivity contribution is -0.308. The average Bonchev–Trinajstić information content (AvgIpc) is 2.70. The summed E-state index contributed by atoms with van der Waals surface area (Å²) in [6, 6.07) is 26.7. The van der Waals surface area contributed by atoms with Gasteiger partial charge >= 0.3 is 0 Å². The molecule has 0 fully saturated rings. The van der Waals surface area contributed by atoms with Crippen LogP contribution in [0.3, 0.4) is 0 Å². The Labute approximate surface area is 158 Å². The van der Waals surface area contributed by atoms with Crippen LogP contribution in [0.25, 0.3) is 0 Å². The van der Waals surface area contributed by atoms with Crippen LogP contribution in [0, 0.1) is 0 Å². The third-order valence-corrected chi connectivity index (χ3v) is 4.41. The molecule has 0 radical (unpaired) electrons. The lowest BCUT2D eigenvalue weighted by Gasteiger charge is -2.24. The minimum Gasteiger partial charge on any atom is -0.548 e. The Morgan fingerprint density at radius 2 is 1.19 bits per heavy atom. The molecule has 136 valence electrons. The van der Waals surface area contributed by atoms with Gasteiger partial charge in [-0.3, -0.25) is 4.79 Å². The number of carbonyl (C=O) groups is 2. The number of carboxylic acids is 1. The van der Waals surface area contributed by atoms with Crippen LogP contribution in [0.15, 0.2) is 91.0 Å². The maximum Gasteiger partial charge on any atom is 0.232 e. The molecule has 0 saturated heterocycles. The first kappa shape index (κ1) is 18.4. The molecule has 3 aromatic rings. The fourth-order valence-corrected chi connectivity index (χ4v) is 3.08. The van der Waals surface area contributed by atoms with E-state index in [2.05, 4.69) is 5.32 Å². The number of amides is 1. The molecule has 1 atom stereocenters. The van der Waals surface area contributed by atoms with Gasteiger partial charge < -0.3 is 15.2 Å². The molecule has 1 amide bonds. The zero-order chi connectivity index (χ0) is 19.1. The smallest absolute Gasteiger partial charge is 0.232 e. The number of hydrogen-bond donors (Lipinski definition) is 1. The van der Waals surface area contributed by atoms with Crippen LogP contribution < -0.4 is 10.4 Å². The van der Waals surface area contributed by atoms with Crippen LogP contribution in [0.5, 0.6) is 0 Å². The molecule has 4 nitrogen and oxygen atoms in total. The van der Waals surface area contributed by atoms with Crippen molar-refractivity contribution in [1.29, 1.82) is 0 Å². The highest BCUT2D eigenvalue weighted by molar-refractivity contribution is 5.90. The van der Waals surface area contributed by atoms with E-state index in [1.807, 2.05) is 91.0 Å². The summed E-state index contributed by atoms with van der Waals surface area (Å²) >= 11 is 0. The SMILES string of the molecule is O=C(N[C@@H](Cc1ccccc1)C(=O)[O-])C(c1ccccc1)c1ccccc1. The molecule has 0 aliphatic carbocycles. The van der Waals surface area contributed by atoms with Crippen molar-refractivity contribution in [2.24, 2.45) is 0 Å². The Kier molecular flexibility index (Phi) is 6.00. The van der Waals surface area contributed by atoms with Crippen LogP contribution in [0.1, 0.15) is 22.6 Å². The first-order valence-electron chi connectivity index (χ1n) is 8.80. The molecule has 0 spiro atoms. The molecule has 0 aromatic heterocycles. The summed E-state index contributed by atoms with van der Waals surface area (Å²) in [4.78, 5) is 24.7. The van der Waals surface area contributed by atoms with E-state index in [0.29, 0.717) is 0 Å². The average molecular weight is 358 g/mol. The van der Waals surface area contributed by atoms with Gasteiger partial charge in [0, 0.05) is 0 Å². The van der Waals surface area contributed by atoms with E-state index in [-0.39, 0.29) is 12.3 Å². The second-order valence-electron chi connectivity index (χ2n) is 6.32. The van der Waals surface area contributed by atoms with Crippen LogP contribution in [0.4, 0.5) is 0 Å². The Balaban J connectivity index is 1.86. The van der Waals surface area contributed by atoms with Crippen LogP contribution >= 0.6 is 0 Å².